The molecule has 2 aromatic rings. The van der Waals surface area contributed by atoms with Crippen LogP contribution in [0.5, 0.6) is 0 Å². The molecule has 1 saturated heterocycles. The molecule has 0 atom stereocenters. The van der Waals surface area contributed by atoms with Crippen LogP contribution in [0.3, 0.4) is 0 Å². The summed E-state index contributed by atoms with van der Waals surface area (Å²) in [5, 5.41) is 8.83. The van der Waals surface area contributed by atoms with Gasteiger partial charge >= 0.3 is 0 Å². The molecule has 0 spiro atoms. The van der Waals surface area contributed by atoms with E-state index in [9.17, 15) is 13.2 Å². The summed E-state index contributed by atoms with van der Waals surface area (Å²) in [5.74, 6) is -0.0185. The van der Waals surface area contributed by atoms with E-state index in [0.29, 0.717) is 32.4 Å². The smallest absolute Gasteiger partial charge is 0.227 e. The fourth-order valence-corrected chi connectivity index (χ4v) is 5.26. The minimum Gasteiger partial charge on any atom is -0.326 e. The molecule has 0 bridgehead atoms. The number of carbonyl (C=O) groups excluding carboxylic acids is 1. The molecular formula is C18H24N4O3S2. The van der Waals surface area contributed by atoms with E-state index in [-0.39, 0.29) is 17.6 Å². The van der Waals surface area contributed by atoms with E-state index in [1.54, 1.807) is 0 Å². The second kappa shape index (κ2) is 8.90. The summed E-state index contributed by atoms with van der Waals surface area (Å²) in [5.41, 5.74) is 2.49. The molecule has 1 N–H and O–H groups in total. The number of aromatic nitrogens is 2. The van der Waals surface area contributed by atoms with Crippen molar-refractivity contribution in [3.8, 4) is 11.3 Å². The van der Waals surface area contributed by atoms with Crippen molar-refractivity contribution in [3.05, 3.63) is 29.6 Å². The summed E-state index contributed by atoms with van der Waals surface area (Å²) in [6.07, 6.45) is 2.64. The summed E-state index contributed by atoms with van der Waals surface area (Å²) in [7, 11) is -3.19. The largest absolute Gasteiger partial charge is 0.326 e. The number of anilines is 1. The van der Waals surface area contributed by atoms with E-state index in [1.807, 2.05) is 36.6 Å². The van der Waals surface area contributed by atoms with Gasteiger partial charge in [-0.25, -0.2) is 12.7 Å². The molecule has 1 aromatic carbocycles. The molecule has 1 amide bonds. The Kier molecular flexibility index (Phi) is 6.56. The highest BCUT2D eigenvalue weighted by Gasteiger charge is 2.30. The Morgan fingerprint density at radius 1 is 1.26 bits per heavy atom. The van der Waals surface area contributed by atoms with Crippen LogP contribution >= 0.6 is 11.5 Å². The van der Waals surface area contributed by atoms with Crippen molar-refractivity contribution in [2.75, 3.05) is 24.2 Å². The Morgan fingerprint density at radius 3 is 2.56 bits per heavy atom. The van der Waals surface area contributed by atoms with Crippen molar-refractivity contribution < 1.29 is 13.2 Å². The van der Waals surface area contributed by atoms with Gasteiger partial charge < -0.3 is 5.32 Å². The number of unbranched alkanes of at least 4 members (excludes halogenated alkanes) is 1. The van der Waals surface area contributed by atoms with Crippen LogP contribution in [-0.4, -0.2) is 47.1 Å². The number of benzene rings is 1. The predicted molar refractivity (Wildman–Crippen MR) is 107 cm³/mol. The second-order valence-electron chi connectivity index (χ2n) is 6.70. The van der Waals surface area contributed by atoms with Gasteiger partial charge in [-0.1, -0.05) is 30.0 Å². The first-order valence-corrected chi connectivity index (χ1v) is 11.6. The standard InChI is InChI=1S/C18H24N4O3S2/c1-2-3-12-27(24,25)22-10-8-15(9-11-22)18(23)19-16-6-4-14(5-7-16)17-13-26-21-20-17/h4-7,13,15H,2-3,8-12H2,1H3,(H,19,23). The minimum absolute atomic E-state index is 0.0521. The lowest BCUT2D eigenvalue weighted by atomic mass is 9.97. The van der Waals surface area contributed by atoms with Crippen molar-refractivity contribution in [2.24, 2.45) is 5.92 Å². The lowest BCUT2D eigenvalue weighted by molar-refractivity contribution is -0.120. The Bertz CT molecular complexity index is 843. The van der Waals surface area contributed by atoms with Gasteiger partial charge in [-0.2, -0.15) is 0 Å². The Balaban J connectivity index is 1.52. The van der Waals surface area contributed by atoms with Crippen molar-refractivity contribution in [1.82, 2.24) is 13.9 Å². The van der Waals surface area contributed by atoms with Crippen molar-refractivity contribution >= 4 is 33.2 Å². The van der Waals surface area contributed by atoms with Gasteiger partial charge in [0.15, 0.2) is 0 Å². The van der Waals surface area contributed by atoms with Crippen LogP contribution in [0.1, 0.15) is 32.6 Å². The average molecular weight is 409 g/mol. The molecule has 7 nitrogen and oxygen atoms in total. The van der Waals surface area contributed by atoms with Gasteiger partial charge in [0.2, 0.25) is 15.9 Å². The van der Waals surface area contributed by atoms with Crippen molar-refractivity contribution in [3.63, 3.8) is 0 Å². The molecule has 0 radical (unpaired) electrons. The molecular weight excluding hydrogens is 384 g/mol. The van der Waals surface area contributed by atoms with Gasteiger partial charge in [0.1, 0.15) is 5.69 Å². The summed E-state index contributed by atoms with van der Waals surface area (Å²) in [6.45, 7) is 2.81. The van der Waals surface area contributed by atoms with Gasteiger partial charge in [-0.15, -0.1) is 5.10 Å². The highest BCUT2D eigenvalue weighted by molar-refractivity contribution is 7.89. The number of nitrogens with one attached hydrogen (secondary N) is 1. The maximum absolute atomic E-state index is 12.5. The first-order chi connectivity index (χ1) is 13.0. The SMILES string of the molecule is CCCCS(=O)(=O)N1CCC(C(=O)Nc2ccc(-c3csnn3)cc2)CC1. The van der Waals surface area contributed by atoms with Crippen LogP contribution in [0.2, 0.25) is 0 Å². The molecule has 1 aliphatic rings. The van der Waals surface area contributed by atoms with Crippen LogP contribution in [0, 0.1) is 5.92 Å². The fraction of sp³-hybridized carbons (Fsp3) is 0.500. The zero-order valence-electron chi connectivity index (χ0n) is 15.3. The van der Waals surface area contributed by atoms with Crippen LogP contribution in [-0.2, 0) is 14.8 Å². The van der Waals surface area contributed by atoms with Crippen LogP contribution in [0.15, 0.2) is 29.6 Å². The second-order valence-corrected chi connectivity index (χ2v) is 9.40. The Labute approximate surface area is 164 Å². The van der Waals surface area contributed by atoms with E-state index in [1.165, 1.54) is 15.8 Å². The van der Waals surface area contributed by atoms with Crippen LogP contribution in [0.25, 0.3) is 11.3 Å². The fourth-order valence-electron chi connectivity index (χ4n) is 3.11. The molecule has 1 fully saturated rings. The van der Waals surface area contributed by atoms with Gasteiger partial charge in [0, 0.05) is 35.6 Å². The third-order valence-electron chi connectivity index (χ3n) is 4.78. The van der Waals surface area contributed by atoms with Crippen LogP contribution in [0.4, 0.5) is 5.69 Å². The first-order valence-electron chi connectivity index (χ1n) is 9.16. The number of piperidine rings is 1. The topological polar surface area (TPSA) is 92.3 Å². The van der Waals surface area contributed by atoms with Crippen molar-refractivity contribution in [2.45, 2.75) is 32.6 Å². The molecule has 1 aromatic heterocycles. The van der Waals surface area contributed by atoms with Crippen molar-refractivity contribution in [1.29, 1.82) is 0 Å². The normalized spacial score (nSPS) is 16.3. The van der Waals surface area contributed by atoms with Gasteiger partial charge in [-0.3, -0.25) is 4.79 Å². The number of hydrogen-bond acceptors (Lipinski definition) is 6. The molecule has 0 saturated carbocycles. The maximum atomic E-state index is 12.5. The molecule has 3 rings (SSSR count). The molecule has 2 heterocycles. The number of amides is 1. The predicted octanol–water partition coefficient (Wildman–Crippen LogP) is 2.99. The lowest BCUT2D eigenvalue weighted by Crippen LogP contribution is -2.42. The van der Waals surface area contributed by atoms with Gasteiger partial charge in [0.25, 0.3) is 0 Å². The van der Waals surface area contributed by atoms with Crippen LogP contribution < -0.4 is 5.32 Å². The third kappa shape index (κ3) is 5.12. The number of nitrogens with zero attached hydrogens (tertiary/aromatic N) is 3. The lowest BCUT2D eigenvalue weighted by Gasteiger charge is -2.30. The molecule has 9 heteroatoms. The highest BCUT2D eigenvalue weighted by atomic mass is 32.2. The maximum Gasteiger partial charge on any atom is 0.227 e. The van der Waals surface area contributed by atoms with E-state index >= 15 is 0 Å². The first kappa shape index (κ1) is 19.9. The third-order valence-corrected chi connectivity index (χ3v) is 7.24. The highest BCUT2D eigenvalue weighted by Crippen LogP contribution is 2.24. The number of carbonyl (C=O) groups is 1. The number of sulfonamides is 1. The minimum atomic E-state index is -3.19. The zero-order chi connectivity index (χ0) is 19.3. The van der Waals surface area contributed by atoms with E-state index in [2.05, 4.69) is 14.9 Å². The summed E-state index contributed by atoms with van der Waals surface area (Å²) < 4.78 is 29.9. The molecule has 1 aliphatic heterocycles. The summed E-state index contributed by atoms with van der Waals surface area (Å²) >= 11 is 1.30. The number of rotatable bonds is 7. The Hall–Kier alpha value is -1.84. The zero-order valence-corrected chi connectivity index (χ0v) is 16.9. The molecule has 0 aliphatic carbocycles. The monoisotopic (exact) mass is 408 g/mol. The quantitative estimate of drug-likeness (QED) is 0.760. The molecule has 146 valence electrons. The Morgan fingerprint density at radius 2 is 1.96 bits per heavy atom. The number of hydrogen-bond donors (Lipinski definition) is 1. The summed E-state index contributed by atoms with van der Waals surface area (Å²) in [6, 6.07) is 7.48. The molecule has 0 unspecified atom stereocenters. The molecule has 27 heavy (non-hydrogen) atoms. The summed E-state index contributed by atoms with van der Waals surface area (Å²) in [4.78, 5) is 12.5. The van der Waals surface area contributed by atoms with E-state index in [0.717, 1.165) is 23.4 Å². The van der Waals surface area contributed by atoms with Gasteiger partial charge in [0.05, 0.1) is 5.75 Å². The van der Waals surface area contributed by atoms with E-state index in [4.69, 9.17) is 0 Å². The van der Waals surface area contributed by atoms with E-state index < -0.39 is 10.0 Å². The average Bonchev–Trinajstić information content (AvgIpc) is 3.22. The van der Waals surface area contributed by atoms with Gasteiger partial charge in [-0.05, 0) is 42.9 Å².